The first-order valence-electron chi connectivity index (χ1n) is 2.47. The van der Waals surface area contributed by atoms with E-state index in [1.165, 1.54) is 0 Å². The van der Waals surface area contributed by atoms with E-state index in [1.54, 1.807) is 6.21 Å². The predicted octanol–water partition coefficient (Wildman–Crippen LogP) is 2.00. The molecule has 0 spiro atoms. The summed E-state index contributed by atoms with van der Waals surface area (Å²) in [6.45, 7) is 7.59. The highest BCUT2D eigenvalue weighted by Gasteiger charge is 1.76. The van der Waals surface area contributed by atoms with Gasteiger partial charge in [-0.15, -0.1) is 0 Å². The second-order valence-corrected chi connectivity index (χ2v) is 1.31. The molecule has 0 bridgehead atoms. The highest BCUT2D eigenvalue weighted by molar-refractivity contribution is 5.54. The Hall–Kier alpha value is -0.590. The van der Waals surface area contributed by atoms with Gasteiger partial charge in [0.25, 0.3) is 0 Å². The van der Waals surface area contributed by atoms with E-state index in [2.05, 4.69) is 11.6 Å². The predicted molar refractivity (Wildman–Crippen MR) is 33.6 cm³/mol. The van der Waals surface area contributed by atoms with Crippen molar-refractivity contribution in [1.82, 2.24) is 0 Å². The Kier molecular flexibility index (Phi) is 3.29. The van der Waals surface area contributed by atoms with Gasteiger partial charge < -0.3 is 0 Å². The third-order valence-electron chi connectivity index (χ3n) is 0.720. The molecule has 1 nitrogen and oxygen atoms in total. The quantitative estimate of drug-likeness (QED) is 0.467. The van der Waals surface area contributed by atoms with Crippen molar-refractivity contribution < 1.29 is 0 Å². The van der Waals surface area contributed by atoms with Crippen molar-refractivity contribution >= 4 is 6.21 Å². The van der Waals surface area contributed by atoms with E-state index in [-0.39, 0.29) is 0 Å². The first-order valence-corrected chi connectivity index (χ1v) is 2.47. The molecule has 0 aliphatic rings. The molecule has 40 valence electrons. The van der Waals surface area contributed by atoms with E-state index < -0.39 is 0 Å². The number of hydrogen-bond acceptors (Lipinski definition) is 1. The van der Waals surface area contributed by atoms with Crippen LogP contribution < -0.4 is 0 Å². The van der Waals surface area contributed by atoms with Gasteiger partial charge in [0, 0.05) is 11.9 Å². The molecule has 0 aromatic rings. The molecule has 0 aromatic carbocycles. The first kappa shape index (κ1) is 6.41. The van der Waals surface area contributed by atoms with Crippen molar-refractivity contribution in [2.24, 2.45) is 4.99 Å². The molecular weight excluding hydrogens is 86.1 g/mol. The first-order chi connectivity index (χ1) is 3.31. The van der Waals surface area contributed by atoms with Gasteiger partial charge in [0.2, 0.25) is 0 Å². The van der Waals surface area contributed by atoms with Crippen molar-refractivity contribution in [3.8, 4) is 0 Å². The van der Waals surface area contributed by atoms with Crippen molar-refractivity contribution in [2.75, 3.05) is 0 Å². The van der Waals surface area contributed by atoms with Crippen LogP contribution in [0, 0.1) is 0 Å². The average Bonchev–Trinajstić information content (AvgIpc) is 1.68. The summed E-state index contributed by atoms with van der Waals surface area (Å²) in [5.74, 6) is 0. The van der Waals surface area contributed by atoms with Crippen LogP contribution in [0.5, 0.6) is 0 Å². The molecule has 0 radical (unpaired) electrons. The fourth-order valence-corrected chi connectivity index (χ4v) is 0.274. The van der Waals surface area contributed by atoms with Crippen molar-refractivity contribution in [2.45, 2.75) is 20.3 Å². The number of nitrogens with zero attached hydrogens (tertiary/aromatic N) is 1. The third-order valence-corrected chi connectivity index (χ3v) is 0.720. The molecule has 7 heavy (non-hydrogen) atoms. The van der Waals surface area contributed by atoms with E-state index in [0.717, 1.165) is 12.1 Å². The standard InChI is InChI=1S/C6H11N/c1-4-6(3)7-5-2/h5H,3-4H2,1-2H3. The lowest BCUT2D eigenvalue weighted by Gasteiger charge is -1.85. The summed E-state index contributed by atoms with van der Waals surface area (Å²) >= 11 is 0. The van der Waals surface area contributed by atoms with Gasteiger partial charge in [0.05, 0.1) is 0 Å². The van der Waals surface area contributed by atoms with E-state index in [4.69, 9.17) is 0 Å². The lowest BCUT2D eigenvalue weighted by atomic mass is 10.4. The van der Waals surface area contributed by atoms with Crippen LogP contribution in [-0.4, -0.2) is 6.21 Å². The highest BCUT2D eigenvalue weighted by Crippen LogP contribution is 1.94. The third kappa shape index (κ3) is 3.23. The Bertz CT molecular complexity index is 82.2. The summed E-state index contributed by atoms with van der Waals surface area (Å²) in [4.78, 5) is 3.92. The molecular formula is C6H11N. The zero-order chi connectivity index (χ0) is 5.70. The maximum atomic E-state index is 3.92. The molecule has 1 heteroatoms. The van der Waals surface area contributed by atoms with Gasteiger partial charge >= 0.3 is 0 Å². The zero-order valence-electron chi connectivity index (χ0n) is 4.94. The SMILES string of the molecule is C=C(CC)N=CC. The summed E-state index contributed by atoms with van der Waals surface area (Å²) in [6.07, 6.45) is 2.70. The van der Waals surface area contributed by atoms with Gasteiger partial charge in [-0.05, 0) is 13.3 Å². The Morgan fingerprint density at radius 2 is 2.43 bits per heavy atom. The van der Waals surface area contributed by atoms with Gasteiger partial charge in [0.1, 0.15) is 0 Å². The summed E-state index contributed by atoms with van der Waals surface area (Å²) in [5.41, 5.74) is 0.947. The highest BCUT2D eigenvalue weighted by atomic mass is 14.7. The van der Waals surface area contributed by atoms with Crippen molar-refractivity contribution in [3.63, 3.8) is 0 Å². The lowest BCUT2D eigenvalue weighted by Crippen LogP contribution is -1.68. The van der Waals surface area contributed by atoms with Gasteiger partial charge in [-0.2, -0.15) is 0 Å². The number of aliphatic imine (C=N–C) groups is 1. The van der Waals surface area contributed by atoms with Crippen LogP contribution in [0.2, 0.25) is 0 Å². The molecule has 0 rings (SSSR count). The minimum Gasteiger partial charge on any atom is -0.267 e. The number of rotatable bonds is 2. The van der Waals surface area contributed by atoms with E-state index in [0.29, 0.717) is 0 Å². The molecule has 0 heterocycles. The van der Waals surface area contributed by atoms with Crippen LogP contribution in [0.25, 0.3) is 0 Å². The minimum atomic E-state index is 0.947. The Labute approximate surface area is 44.8 Å². The van der Waals surface area contributed by atoms with Crippen LogP contribution in [0.3, 0.4) is 0 Å². The zero-order valence-corrected chi connectivity index (χ0v) is 4.94. The summed E-state index contributed by atoms with van der Waals surface area (Å²) in [7, 11) is 0. The smallest absolute Gasteiger partial charge is 0.0325 e. The van der Waals surface area contributed by atoms with Crippen LogP contribution in [0.1, 0.15) is 20.3 Å². The van der Waals surface area contributed by atoms with Crippen LogP contribution in [0.4, 0.5) is 0 Å². The maximum absolute atomic E-state index is 3.92. The molecule has 0 atom stereocenters. The van der Waals surface area contributed by atoms with E-state index in [9.17, 15) is 0 Å². The monoisotopic (exact) mass is 97.1 g/mol. The topological polar surface area (TPSA) is 12.4 Å². The van der Waals surface area contributed by atoms with Crippen LogP contribution in [-0.2, 0) is 0 Å². The average molecular weight is 97.2 g/mol. The molecule has 0 aromatic heterocycles. The lowest BCUT2D eigenvalue weighted by molar-refractivity contribution is 1.08. The molecule has 0 aliphatic carbocycles. The summed E-state index contributed by atoms with van der Waals surface area (Å²) in [5, 5.41) is 0. The summed E-state index contributed by atoms with van der Waals surface area (Å²) < 4.78 is 0. The van der Waals surface area contributed by atoms with Crippen molar-refractivity contribution in [3.05, 3.63) is 12.3 Å². The van der Waals surface area contributed by atoms with E-state index in [1.807, 2.05) is 13.8 Å². The molecule has 0 N–H and O–H groups in total. The maximum Gasteiger partial charge on any atom is 0.0325 e. The molecule has 0 aliphatic heterocycles. The van der Waals surface area contributed by atoms with Gasteiger partial charge in [-0.1, -0.05) is 13.5 Å². The van der Waals surface area contributed by atoms with Crippen LogP contribution >= 0.6 is 0 Å². The second-order valence-electron chi connectivity index (χ2n) is 1.31. The largest absolute Gasteiger partial charge is 0.267 e. The normalized spacial score (nSPS) is 10.0. The van der Waals surface area contributed by atoms with Crippen molar-refractivity contribution in [1.29, 1.82) is 0 Å². The summed E-state index contributed by atoms with van der Waals surface area (Å²) in [6, 6.07) is 0. The molecule has 0 fully saturated rings. The molecule has 0 unspecified atom stereocenters. The fourth-order valence-electron chi connectivity index (χ4n) is 0.274. The minimum absolute atomic E-state index is 0.947. The van der Waals surface area contributed by atoms with Gasteiger partial charge in [-0.25, -0.2) is 0 Å². The van der Waals surface area contributed by atoms with Gasteiger partial charge in [-0.3, -0.25) is 4.99 Å². The fraction of sp³-hybridized carbons (Fsp3) is 0.500. The molecule has 0 saturated heterocycles. The van der Waals surface area contributed by atoms with Gasteiger partial charge in [0.15, 0.2) is 0 Å². The second kappa shape index (κ2) is 3.59. The Morgan fingerprint density at radius 1 is 1.86 bits per heavy atom. The van der Waals surface area contributed by atoms with Crippen LogP contribution in [0.15, 0.2) is 17.3 Å². The Morgan fingerprint density at radius 3 is 2.57 bits per heavy atom. The molecule has 0 saturated carbocycles. The number of hydrogen-bond donors (Lipinski definition) is 0. The Balaban J connectivity index is 3.37. The number of allylic oxidation sites excluding steroid dienone is 1. The molecule has 0 amide bonds. The van der Waals surface area contributed by atoms with E-state index >= 15 is 0 Å².